The van der Waals surface area contributed by atoms with E-state index >= 15 is 0 Å². The minimum atomic E-state index is -1.21. The molecule has 0 saturated heterocycles. The van der Waals surface area contributed by atoms with Crippen LogP contribution in [0.1, 0.15) is 34.1 Å². The van der Waals surface area contributed by atoms with Crippen molar-refractivity contribution in [3.05, 3.63) is 0 Å². The van der Waals surface area contributed by atoms with Gasteiger partial charge >= 0.3 is 11.9 Å². The van der Waals surface area contributed by atoms with Crippen LogP contribution in [0.5, 0.6) is 0 Å². The topological polar surface area (TPSA) is 82.1 Å². The summed E-state index contributed by atoms with van der Waals surface area (Å²) in [7, 11) is 0. The van der Waals surface area contributed by atoms with Crippen LogP contribution in [0.3, 0.4) is 0 Å². The van der Waals surface area contributed by atoms with Crippen LogP contribution in [0.2, 0.25) is 0 Å². The standard InChI is InChI=1S/C10H18O6/c1-5-14-8(12)9(13)15-16-10(3,4)6-7(2)11/h7,11H,5-6H2,1-4H3. The number of ether oxygens (including phenoxy) is 1. The summed E-state index contributed by atoms with van der Waals surface area (Å²) < 4.78 is 4.41. The minimum Gasteiger partial charge on any atom is -0.457 e. The molecule has 0 aromatic heterocycles. The van der Waals surface area contributed by atoms with Crippen LogP contribution >= 0.6 is 0 Å². The third kappa shape index (κ3) is 6.36. The Morgan fingerprint density at radius 3 is 2.31 bits per heavy atom. The predicted molar refractivity (Wildman–Crippen MR) is 54.2 cm³/mol. The van der Waals surface area contributed by atoms with E-state index in [9.17, 15) is 9.59 Å². The fourth-order valence-corrected chi connectivity index (χ4v) is 1.12. The predicted octanol–water partition coefficient (Wildman–Crippen LogP) is 0.574. The number of aliphatic hydroxyl groups excluding tert-OH is 1. The molecule has 0 heterocycles. The molecule has 0 aromatic rings. The Morgan fingerprint density at radius 2 is 1.88 bits per heavy atom. The molecule has 16 heavy (non-hydrogen) atoms. The average molecular weight is 234 g/mol. The molecule has 0 aliphatic rings. The van der Waals surface area contributed by atoms with Gasteiger partial charge in [0.2, 0.25) is 0 Å². The van der Waals surface area contributed by atoms with Crippen molar-refractivity contribution in [1.82, 2.24) is 0 Å². The van der Waals surface area contributed by atoms with Crippen LogP contribution in [0.4, 0.5) is 0 Å². The maximum absolute atomic E-state index is 11.0. The molecule has 94 valence electrons. The molecule has 0 aromatic carbocycles. The maximum Gasteiger partial charge on any atom is 0.449 e. The van der Waals surface area contributed by atoms with Gasteiger partial charge in [-0.1, -0.05) is 0 Å². The van der Waals surface area contributed by atoms with Gasteiger partial charge in [-0.2, -0.15) is 4.89 Å². The smallest absolute Gasteiger partial charge is 0.449 e. The Morgan fingerprint density at radius 1 is 1.31 bits per heavy atom. The summed E-state index contributed by atoms with van der Waals surface area (Å²) in [5.41, 5.74) is -0.865. The molecule has 0 aliphatic heterocycles. The molecule has 0 spiro atoms. The fraction of sp³-hybridized carbons (Fsp3) is 0.800. The molecule has 0 fully saturated rings. The van der Waals surface area contributed by atoms with E-state index in [-0.39, 0.29) is 13.0 Å². The van der Waals surface area contributed by atoms with Crippen molar-refractivity contribution in [2.45, 2.75) is 45.8 Å². The number of carbonyl (C=O) groups excluding carboxylic acids is 2. The van der Waals surface area contributed by atoms with E-state index in [0.717, 1.165) is 0 Å². The Hall–Kier alpha value is -1.14. The normalized spacial score (nSPS) is 13.1. The van der Waals surface area contributed by atoms with E-state index in [0.29, 0.717) is 0 Å². The van der Waals surface area contributed by atoms with Crippen molar-refractivity contribution in [3.8, 4) is 0 Å². The van der Waals surface area contributed by atoms with Crippen LogP contribution in [0.25, 0.3) is 0 Å². The van der Waals surface area contributed by atoms with Gasteiger partial charge in [0.1, 0.15) is 5.60 Å². The van der Waals surface area contributed by atoms with Crippen molar-refractivity contribution in [2.24, 2.45) is 0 Å². The van der Waals surface area contributed by atoms with Gasteiger partial charge in [0.25, 0.3) is 0 Å². The summed E-state index contributed by atoms with van der Waals surface area (Å²) in [6, 6.07) is 0. The largest absolute Gasteiger partial charge is 0.457 e. The molecule has 0 rings (SSSR count). The van der Waals surface area contributed by atoms with Gasteiger partial charge in [-0.25, -0.2) is 9.59 Å². The molecule has 0 aliphatic carbocycles. The van der Waals surface area contributed by atoms with Crippen LogP contribution in [0, 0.1) is 0 Å². The van der Waals surface area contributed by atoms with Crippen molar-refractivity contribution in [2.75, 3.05) is 6.61 Å². The number of aliphatic hydroxyl groups is 1. The van der Waals surface area contributed by atoms with Gasteiger partial charge in [0.15, 0.2) is 0 Å². The Bertz CT molecular complexity index is 246. The second kappa shape index (κ2) is 6.44. The van der Waals surface area contributed by atoms with E-state index in [1.54, 1.807) is 27.7 Å². The maximum atomic E-state index is 11.0. The lowest BCUT2D eigenvalue weighted by Crippen LogP contribution is -2.32. The number of hydrogen-bond donors (Lipinski definition) is 1. The summed E-state index contributed by atoms with van der Waals surface area (Å²) in [6.07, 6.45) is -0.334. The summed E-state index contributed by atoms with van der Waals surface area (Å²) in [5.74, 6) is -2.31. The van der Waals surface area contributed by atoms with Gasteiger partial charge in [-0.05, 0) is 27.7 Å². The molecule has 0 radical (unpaired) electrons. The molecule has 1 unspecified atom stereocenters. The van der Waals surface area contributed by atoms with Gasteiger partial charge in [0.05, 0.1) is 12.7 Å². The SMILES string of the molecule is CCOC(=O)C(=O)OOC(C)(C)CC(C)O. The van der Waals surface area contributed by atoms with Crippen LogP contribution in [-0.2, 0) is 24.1 Å². The Labute approximate surface area is 94.4 Å². The highest BCUT2D eigenvalue weighted by Crippen LogP contribution is 2.17. The molecule has 1 atom stereocenters. The molecule has 0 saturated carbocycles. The number of rotatable bonds is 5. The zero-order chi connectivity index (χ0) is 12.8. The lowest BCUT2D eigenvalue weighted by Gasteiger charge is -2.23. The lowest BCUT2D eigenvalue weighted by atomic mass is 10.0. The summed E-state index contributed by atoms with van der Waals surface area (Å²) in [6.45, 7) is 6.49. The zero-order valence-corrected chi connectivity index (χ0v) is 9.98. The van der Waals surface area contributed by atoms with E-state index in [1.807, 2.05) is 0 Å². The highest BCUT2D eigenvalue weighted by molar-refractivity contribution is 6.29. The first-order valence-electron chi connectivity index (χ1n) is 5.03. The van der Waals surface area contributed by atoms with Crippen molar-refractivity contribution >= 4 is 11.9 Å². The molecular weight excluding hydrogens is 216 g/mol. The van der Waals surface area contributed by atoms with Crippen LogP contribution in [-0.4, -0.2) is 35.4 Å². The first-order valence-corrected chi connectivity index (χ1v) is 5.03. The van der Waals surface area contributed by atoms with E-state index < -0.39 is 23.6 Å². The molecule has 0 bridgehead atoms. The highest BCUT2D eigenvalue weighted by atomic mass is 17.2. The number of carbonyl (C=O) groups is 2. The zero-order valence-electron chi connectivity index (χ0n) is 9.98. The molecule has 6 nitrogen and oxygen atoms in total. The van der Waals surface area contributed by atoms with Crippen LogP contribution in [0.15, 0.2) is 0 Å². The number of esters is 1. The highest BCUT2D eigenvalue weighted by Gasteiger charge is 2.27. The first-order chi connectivity index (χ1) is 7.28. The number of hydrogen-bond acceptors (Lipinski definition) is 6. The lowest BCUT2D eigenvalue weighted by molar-refractivity contribution is -0.327. The van der Waals surface area contributed by atoms with Gasteiger partial charge in [-0.3, -0.25) is 4.89 Å². The van der Waals surface area contributed by atoms with Gasteiger partial charge < -0.3 is 9.84 Å². The van der Waals surface area contributed by atoms with Crippen molar-refractivity contribution < 1.29 is 29.2 Å². The molecule has 6 heteroatoms. The van der Waals surface area contributed by atoms with Gasteiger partial charge in [-0.15, -0.1) is 0 Å². The van der Waals surface area contributed by atoms with E-state index in [2.05, 4.69) is 9.62 Å². The van der Waals surface area contributed by atoms with Crippen LogP contribution < -0.4 is 0 Å². The summed E-state index contributed by atoms with van der Waals surface area (Å²) >= 11 is 0. The van der Waals surface area contributed by atoms with E-state index in [1.165, 1.54) is 0 Å². The first kappa shape index (κ1) is 14.9. The summed E-state index contributed by atoms with van der Waals surface area (Å²) in [5, 5.41) is 9.13. The van der Waals surface area contributed by atoms with E-state index in [4.69, 9.17) is 9.99 Å². The Kier molecular flexibility index (Phi) is 5.98. The fourth-order valence-electron chi connectivity index (χ4n) is 1.12. The Balaban J connectivity index is 4.04. The van der Waals surface area contributed by atoms with Crippen molar-refractivity contribution in [1.29, 1.82) is 0 Å². The second-order valence-electron chi connectivity index (χ2n) is 3.99. The quantitative estimate of drug-likeness (QED) is 0.324. The third-order valence-corrected chi connectivity index (χ3v) is 1.57. The minimum absolute atomic E-state index is 0.0883. The second-order valence-corrected chi connectivity index (χ2v) is 3.99. The molecule has 0 amide bonds. The molecule has 1 N–H and O–H groups in total. The molecular formula is C10H18O6. The van der Waals surface area contributed by atoms with Gasteiger partial charge in [0, 0.05) is 6.42 Å². The van der Waals surface area contributed by atoms with Crippen molar-refractivity contribution in [3.63, 3.8) is 0 Å². The monoisotopic (exact) mass is 234 g/mol. The summed E-state index contributed by atoms with van der Waals surface area (Å²) in [4.78, 5) is 30.9. The average Bonchev–Trinajstić information content (AvgIpc) is 2.12. The third-order valence-electron chi connectivity index (χ3n) is 1.57.